The number of halogens is 2. The van der Waals surface area contributed by atoms with E-state index < -0.39 is 42.6 Å². The largest absolute Gasteiger partial charge is 0.493 e. The van der Waals surface area contributed by atoms with Crippen LogP contribution in [0.1, 0.15) is 11.1 Å². The molecular formula is C24H16BrFN2O8S2. The van der Waals surface area contributed by atoms with E-state index in [1.54, 1.807) is 6.07 Å². The summed E-state index contributed by atoms with van der Waals surface area (Å²) in [5.74, 6) is -1.43. The number of nitrogens with zero attached hydrogens (tertiary/aromatic N) is 2. The zero-order chi connectivity index (χ0) is 27.6. The molecule has 0 atom stereocenters. The van der Waals surface area contributed by atoms with E-state index >= 15 is 0 Å². The van der Waals surface area contributed by atoms with Gasteiger partial charge in [-0.2, -0.15) is 8.42 Å². The molecule has 3 aromatic rings. The monoisotopic (exact) mass is 622 g/mol. The lowest BCUT2D eigenvalue weighted by Crippen LogP contribution is -2.27. The molecule has 38 heavy (non-hydrogen) atoms. The average molecular weight is 623 g/mol. The summed E-state index contributed by atoms with van der Waals surface area (Å²) in [6.45, 7) is -0.232. The number of hydrogen-bond donors (Lipinski definition) is 0. The zero-order valence-electron chi connectivity index (χ0n) is 19.3. The van der Waals surface area contributed by atoms with Gasteiger partial charge in [0.05, 0.1) is 28.0 Å². The minimum Gasteiger partial charge on any atom is -0.493 e. The molecule has 0 unspecified atom stereocenters. The van der Waals surface area contributed by atoms with Crippen molar-refractivity contribution in [3.05, 3.63) is 97.1 Å². The fourth-order valence-corrected chi connectivity index (χ4v) is 5.88. The van der Waals surface area contributed by atoms with Crippen molar-refractivity contribution >= 4 is 60.7 Å². The normalized spacial score (nSPS) is 14.7. The van der Waals surface area contributed by atoms with Crippen LogP contribution >= 0.6 is 27.7 Å². The summed E-state index contributed by atoms with van der Waals surface area (Å²) in [7, 11) is -3.22. The summed E-state index contributed by atoms with van der Waals surface area (Å²) in [6, 6.07) is 13.0. The van der Waals surface area contributed by atoms with Crippen LogP contribution in [-0.4, -0.2) is 36.5 Å². The fraction of sp³-hybridized carbons (Fsp3) is 0.0833. The second-order valence-corrected chi connectivity index (χ2v) is 11.1. The predicted octanol–water partition coefficient (Wildman–Crippen LogP) is 5.51. The van der Waals surface area contributed by atoms with E-state index in [9.17, 15) is 32.5 Å². The van der Waals surface area contributed by atoms with Crippen molar-refractivity contribution in [1.29, 1.82) is 0 Å². The highest BCUT2D eigenvalue weighted by atomic mass is 79.9. The molecule has 1 aliphatic heterocycles. The number of imide groups is 1. The molecule has 1 aliphatic rings. The van der Waals surface area contributed by atoms with Gasteiger partial charge in [0.2, 0.25) is 0 Å². The number of carbonyl (C=O) groups is 2. The Balaban J connectivity index is 1.61. The molecule has 1 saturated heterocycles. The van der Waals surface area contributed by atoms with Gasteiger partial charge < -0.3 is 8.92 Å². The fourth-order valence-electron chi connectivity index (χ4n) is 3.40. The summed E-state index contributed by atoms with van der Waals surface area (Å²) in [5.41, 5.74) is 0.122. The number of rotatable bonds is 8. The molecule has 2 amide bonds. The van der Waals surface area contributed by atoms with Crippen LogP contribution in [0.5, 0.6) is 11.5 Å². The van der Waals surface area contributed by atoms with E-state index in [1.165, 1.54) is 49.6 Å². The predicted molar refractivity (Wildman–Crippen MR) is 140 cm³/mol. The zero-order valence-corrected chi connectivity index (χ0v) is 22.5. The highest BCUT2D eigenvalue weighted by molar-refractivity contribution is 9.10. The maximum absolute atomic E-state index is 14.0. The summed E-state index contributed by atoms with van der Waals surface area (Å²) >= 11 is 3.90. The van der Waals surface area contributed by atoms with Crippen LogP contribution < -0.4 is 8.92 Å². The van der Waals surface area contributed by atoms with Gasteiger partial charge in [-0.05, 0) is 63.6 Å². The number of non-ortho nitro benzene ring substituents is 1. The van der Waals surface area contributed by atoms with Crippen molar-refractivity contribution in [3.63, 3.8) is 0 Å². The first-order chi connectivity index (χ1) is 18.0. The standard InChI is InChI=1S/C24H16BrFN2O8S2/c1-35-20-10-14(11-21-23(29)27(24(30)37-21)13-15-5-2-3-8-19(15)26)9-18(25)22(20)36-38(33,34)17-7-4-6-16(12-17)28(31)32/h2-12H,13H2,1H3/b21-11-. The third kappa shape index (κ3) is 5.71. The first kappa shape index (κ1) is 27.3. The van der Waals surface area contributed by atoms with Gasteiger partial charge in [0.1, 0.15) is 10.7 Å². The molecule has 196 valence electrons. The molecule has 0 bridgehead atoms. The molecule has 0 N–H and O–H groups in total. The molecule has 1 fully saturated rings. The number of nitro groups is 1. The lowest BCUT2D eigenvalue weighted by molar-refractivity contribution is -0.385. The highest BCUT2D eigenvalue weighted by Gasteiger charge is 2.35. The van der Waals surface area contributed by atoms with E-state index in [0.29, 0.717) is 17.3 Å². The topological polar surface area (TPSA) is 133 Å². The van der Waals surface area contributed by atoms with Gasteiger partial charge in [0, 0.05) is 17.7 Å². The van der Waals surface area contributed by atoms with Gasteiger partial charge in [-0.25, -0.2) is 4.39 Å². The van der Waals surface area contributed by atoms with Crippen LogP contribution in [0.15, 0.2) is 74.9 Å². The second kappa shape index (κ2) is 10.9. The number of thioether (sulfide) groups is 1. The Morgan fingerprint density at radius 1 is 1.13 bits per heavy atom. The van der Waals surface area contributed by atoms with Crippen LogP contribution in [-0.2, 0) is 21.5 Å². The third-order valence-electron chi connectivity index (χ3n) is 5.22. The molecule has 3 aromatic carbocycles. The number of hydrogen-bond acceptors (Lipinski definition) is 9. The minimum absolute atomic E-state index is 0.0368. The van der Waals surface area contributed by atoms with Crippen molar-refractivity contribution in [1.82, 2.24) is 4.90 Å². The van der Waals surface area contributed by atoms with Gasteiger partial charge >= 0.3 is 10.1 Å². The van der Waals surface area contributed by atoms with Crippen molar-refractivity contribution < 1.29 is 36.2 Å². The van der Waals surface area contributed by atoms with Crippen LogP contribution in [0.2, 0.25) is 0 Å². The Morgan fingerprint density at radius 3 is 2.55 bits per heavy atom. The molecular weight excluding hydrogens is 607 g/mol. The maximum atomic E-state index is 14.0. The van der Waals surface area contributed by atoms with Gasteiger partial charge in [-0.1, -0.05) is 24.3 Å². The maximum Gasteiger partial charge on any atom is 0.339 e. The lowest BCUT2D eigenvalue weighted by Gasteiger charge is -2.14. The molecule has 14 heteroatoms. The summed E-state index contributed by atoms with van der Waals surface area (Å²) in [5, 5.41) is 10.4. The van der Waals surface area contributed by atoms with Crippen LogP contribution in [0.3, 0.4) is 0 Å². The van der Waals surface area contributed by atoms with E-state index in [0.717, 1.165) is 23.1 Å². The van der Waals surface area contributed by atoms with Crippen LogP contribution in [0.25, 0.3) is 6.08 Å². The Kier molecular flexibility index (Phi) is 7.85. The molecule has 4 rings (SSSR count). The SMILES string of the molecule is COc1cc(/C=C2\SC(=O)N(Cc3ccccc3F)C2=O)cc(Br)c1OS(=O)(=O)c1cccc([N+](=O)[O-])c1. The smallest absolute Gasteiger partial charge is 0.339 e. The number of ether oxygens (including phenoxy) is 1. The van der Waals surface area contributed by atoms with E-state index in [2.05, 4.69) is 15.9 Å². The number of carbonyl (C=O) groups excluding carboxylic acids is 2. The van der Waals surface area contributed by atoms with E-state index in [1.807, 2.05) is 0 Å². The van der Waals surface area contributed by atoms with E-state index in [4.69, 9.17) is 8.92 Å². The Labute approximate surface area is 228 Å². The molecule has 1 heterocycles. The summed E-state index contributed by atoms with van der Waals surface area (Å²) in [6.07, 6.45) is 1.40. The van der Waals surface area contributed by atoms with Gasteiger partial charge in [-0.3, -0.25) is 24.6 Å². The summed E-state index contributed by atoms with van der Waals surface area (Å²) in [4.78, 5) is 36.1. The van der Waals surface area contributed by atoms with E-state index in [-0.39, 0.29) is 33.0 Å². The molecule has 0 saturated carbocycles. The lowest BCUT2D eigenvalue weighted by atomic mass is 10.1. The van der Waals surface area contributed by atoms with Gasteiger partial charge in [-0.15, -0.1) is 0 Å². The average Bonchev–Trinajstić information content (AvgIpc) is 3.14. The molecule has 0 aliphatic carbocycles. The number of methoxy groups -OCH3 is 1. The number of amides is 2. The van der Waals surface area contributed by atoms with Crippen molar-refractivity contribution in [2.24, 2.45) is 0 Å². The first-order valence-electron chi connectivity index (χ1n) is 10.6. The Hall–Kier alpha value is -3.75. The highest BCUT2D eigenvalue weighted by Crippen LogP contribution is 2.41. The third-order valence-corrected chi connectivity index (χ3v) is 7.93. The molecule has 0 spiro atoms. The van der Waals surface area contributed by atoms with Crippen LogP contribution in [0, 0.1) is 15.9 Å². The second-order valence-electron chi connectivity index (χ2n) is 7.69. The van der Waals surface area contributed by atoms with Crippen molar-refractivity contribution in [2.75, 3.05) is 7.11 Å². The Bertz CT molecular complexity index is 1610. The van der Waals surface area contributed by atoms with Gasteiger partial charge in [0.25, 0.3) is 16.8 Å². The minimum atomic E-state index is -4.49. The first-order valence-corrected chi connectivity index (χ1v) is 13.6. The van der Waals surface area contributed by atoms with Crippen LogP contribution in [0.4, 0.5) is 14.9 Å². The quantitative estimate of drug-likeness (QED) is 0.138. The van der Waals surface area contributed by atoms with Crippen molar-refractivity contribution in [2.45, 2.75) is 11.4 Å². The molecule has 0 aromatic heterocycles. The number of nitro benzene ring substituents is 1. The molecule has 0 radical (unpaired) electrons. The summed E-state index contributed by atoms with van der Waals surface area (Å²) < 4.78 is 50.2. The molecule has 10 nitrogen and oxygen atoms in total. The van der Waals surface area contributed by atoms with Gasteiger partial charge in [0.15, 0.2) is 11.5 Å². The number of benzene rings is 3. The Morgan fingerprint density at radius 2 is 1.87 bits per heavy atom. The van der Waals surface area contributed by atoms with Crippen molar-refractivity contribution in [3.8, 4) is 11.5 Å².